The zero-order valence-electron chi connectivity index (χ0n) is 11.6. The first-order chi connectivity index (χ1) is 8.85. The molecule has 0 aromatic carbocycles. The van der Waals surface area contributed by atoms with Crippen LogP contribution >= 0.6 is 11.3 Å². The molecule has 2 atom stereocenters. The fraction of sp³-hybridized carbons (Fsp3) is 0.625. The van der Waals surface area contributed by atoms with Gasteiger partial charge in [0.2, 0.25) is 0 Å². The Labute approximate surface area is 116 Å². The van der Waals surface area contributed by atoms with Gasteiger partial charge in [-0.25, -0.2) is 0 Å². The normalized spacial score (nSPS) is 20.7. The number of nitrogens with zero attached hydrogens (tertiary/aromatic N) is 1. The van der Waals surface area contributed by atoms with Gasteiger partial charge in [0.15, 0.2) is 0 Å². The maximum absolute atomic E-state index is 2.54. The lowest BCUT2D eigenvalue weighted by atomic mass is 9.87. The number of thiophene rings is 1. The van der Waals surface area contributed by atoms with E-state index in [1.165, 1.54) is 38.9 Å². The van der Waals surface area contributed by atoms with Crippen LogP contribution in [0.5, 0.6) is 0 Å². The van der Waals surface area contributed by atoms with Gasteiger partial charge in [-0.3, -0.25) is 0 Å². The average molecular weight is 263 g/mol. The van der Waals surface area contributed by atoms with Crippen LogP contribution in [-0.4, -0.2) is 24.5 Å². The molecule has 18 heavy (non-hydrogen) atoms. The standard InChI is InChI=1S/C16H25NS/c1-3-17(4-2)12-11-15(14-8-5-6-9-14)16-10-7-13-18-16/h5,7-8,10,13-15H,3-4,6,9,11-12H2,1-2H3. The number of rotatable bonds is 7. The summed E-state index contributed by atoms with van der Waals surface area (Å²) in [5.41, 5.74) is 0. The van der Waals surface area contributed by atoms with Crippen molar-refractivity contribution in [1.29, 1.82) is 0 Å². The van der Waals surface area contributed by atoms with Gasteiger partial charge >= 0.3 is 0 Å². The van der Waals surface area contributed by atoms with Gasteiger partial charge in [0.25, 0.3) is 0 Å². The van der Waals surface area contributed by atoms with Gasteiger partial charge in [0.1, 0.15) is 0 Å². The molecule has 0 bridgehead atoms. The van der Waals surface area contributed by atoms with E-state index in [-0.39, 0.29) is 0 Å². The highest BCUT2D eigenvalue weighted by Crippen LogP contribution is 2.37. The molecule has 0 radical (unpaired) electrons. The van der Waals surface area contributed by atoms with Crippen molar-refractivity contribution >= 4 is 11.3 Å². The highest BCUT2D eigenvalue weighted by atomic mass is 32.1. The monoisotopic (exact) mass is 263 g/mol. The Balaban J connectivity index is 1.99. The summed E-state index contributed by atoms with van der Waals surface area (Å²) in [4.78, 5) is 4.12. The van der Waals surface area contributed by atoms with Crippen LogP contribution in [0.1, 0.15) is 43.9 Å². The lowest BCUT2D eigenvalue weighted by Crippen LogP contribution is -2.26. The van der Waals surface area contributed by atoms with Crippen LogP contribution in [0.4, 0.5) is 0 Å². The fourth-order valence-electron chi connectivity index (χ4n) is 2.92. The molecule has 1 aliphatic carbocycles. The van der Waals surface area contributed by atoms with Crippen molar-refractivity contribution in [1.82, 2.24) is 4.90 Å². The second-order valence-electron chi connectivity index (χ2n) is 5.11. The molecule has 0 amide bonds. The average Bonchev–Trinajstić information content (AvgIpc) is 3.07. The lowest BCUT2D eigenvalue weighted by molar-refractivity contribution is 0.280. The van der Waals surface area contributed by atoms with Crippen molar-refractivity contribution in [3.8, 4) is 0 Å². The minimum absolute atomic E-state index is 0.740. The molecule has 2 heteroatoms. The first kappa shape index (κ1) is 13.8. The number of hydrogen-bond donors (Lipinski definition) is 0. The van der Waals surface area contributed by atoms with Gasteiger partial charge in [0.05, 0.1) is 0 Å². The Hall–Kier alpha value is -0.600. The lowest BCUT2D eigenvalue weighted by Gasteiger charge is -2.25. The molecule has 0 spiro atoms. The molecule has 0 fully saturated rings. The van der Waals surface area contributed by atoms with Crippen molar-refractivity contribution in [3.05, 3.63) is 34.5 Å². The van der Waals surface area contributed by atoms with E-state index in [4.69, 9.17) is 0 Å². The molecule has 1 aromatic rings. The Morgan fingerprint density at radius 1 is 1.39 bits per heavy atom. The third-order valence-corrected chi connectivity index (χ3v) is 5.13. The third-order valence-electron chi connectivity index (χ3n) is 4.13. The summed E-state index contributed by atoms with van der Waals surface area (Å²) < 4.78 is 0. The SMILES string of the molecule is CCN(CC)CCC(c1cccs1)C1C=CCC1. The maximum Gasteiger partial charge on any atom is 0.00825 e. The molecule has 1 nitrogen and oxygen atoms in total. The van der Waals surface area contributed by atoms with Crippen LogP contribution in [0.25, 0.3) is 0 Å². The first-order valence-electron chi connectivity index (χ1n) is 7.27. The summed E-state index contributed by atoms with van der Waals surface area (Å²) in [6.07, 6.45) is 8.74. The van der Waals surface area contributed by atoms with Gasteiger partial charge in [-0.15, -0.1) is 11.3 Å². The Bertz CT molecular complexity index is 351. The Kier molecular flexibility index (Phi) is 5.45. The van der Waals surface area contributed by atoms with E-state index < -0.39 is 0 Å². The Morgan fingerprint density at radius 2 is 2.22 bits per heavy atom. The molecule has 2 unspecified atom stereocenters. The van der Waals surface area contributed by atoms with Crippen LogP contribution in [0, 0.1) is 5.92 Å². The van der Waals surface area contributed by atoms with Gasteiger partial charge in [0, 0.05) is 10.8 Å². The maximum atomic E-state index is 2.54. The number of hydrogen-bond acceptors (Lipinski definition) is 2. The van der Waals surface area contributed by atoms with Gasteiger partial charge in [-0.1, -0.05) is 32.1 Å². The fourth-order valence-corrected chi connectivity index (χ4v) is 3.86. The van der Waals surface area contributed by atoms with Gasteiger partial charge in [-0.05, 0) is 56.3 Å². The molecule has 1 heterocycles. The predicted octanol–water partition coefficient (Wildman–Crippen LogP) is 4.53. The van der Waals surface area contributed by atoms with E-state index in [1.54, 1.807) is 4.88 Å². The van der Waals surface area contributed by atoms with E-state index in [0.717, 1.165) is 11.8 Å². The smallest absolute Gasteiger partial charge is 0.00825 e. The zero-order valence-corrected chi connectivity index (χ0v) is 12.5. The van der Waals surface area contributed by atoms with Crippen molar-refractivity contribution in [2.75, 3.05) is 19.6 Å². The molecule has 100 valence electrons. The van der Waals surface area contributed by atoms with Gasteiger partial charge < -0.3 is 4.90 Å². The largest absolute Gasteiger partial charge is 0.304 e. The van der Waals surface area contributed by atoms with Crippen molar-refractivity contribution < 1.29 is 0 Å². The molecular formula is C16H25NS. The van der Waals surface area contributed by atoms with E-state index in [0.29, 0.717) is 0 Å². The molecule has 1 aromatic heterocycles. The number of allylic oxidation sites excluding steroid dienone is 2. The van der Waals surface area contributed by atoms with E-state index in [9.17, 15) is 0 Å². The minimum Gasteiger partial charge on any atom is -0.304 e. The minimum atomic E-state index is 0.740. The van der Waals surface area contributed by atoms with E-state index in [2.05, 4.69) is 48.4 Å². The van der Waals surface area contributed by atoms with Crippen molar-refractivity contribution in [3.63, 3.8) is 0 Å². The van der Waals surface area contributed by atoms with Crippen LogP contribution in [-0.2, 0) is 0 Å². The summed E-state index contributed by atoms with van der Waals surface area (Å²) in [6, 6.07) is 4.52. The predicted molar refractivity (Wildman–Crippen MR) is 81.3 cm³/mol. The second kappa shape index (κ2) is 7.10. The van der Waals surface area contributed by atoms with Crippen LogP contribution in [0.15, 0.2) is 29.7 Å². The second-order valence-corrected chi connectivity index (χ2v) is 6.09. The molecule has 0 N–H and O–H groups in total. The summed E-state index contributed by atoms with van der Waals surface area (Å²) in [5, 5.41) is 2.22. The van der Waals surface area contributed by atoms with Crippen molar-refractivity contribution in [2.45, 2.75) is 39.0 Å². The van der Waals surface area contributed by atoms with Crippen molar-refractivity contribution in [2.24, 2.45) is 5.92 Å². The van der Waals surface area contributed by atoms with Crippen LogP contribution in [0.3, 0.4) is 0 Å². The van der Waals surface area contributed by atoms with Gasteiger partial charge in [-0.2, -0.15) is 0 Å². The molecular weight excluding hydrogens is 238 g/mol. The topological polar surface area (TPSA) is 3.24 Å². The molecule has 0 aliphatic heterocycles. The molecule has 0 saturated heterocycles. The van der Waals surface area contributed by atoms with Crippen LogP contribution < -0.4 is 0 Å². The summed E-state index contributed by atoms with van der Waals surface area (Å²) in [7, 11) is 0. The van der Waals surface area contributed by atoms with E-state index in [1.807, 2.05) is 11.3 Å². The first-order valence-corrected chi connectivity index (χ1v) is 8.15. The zero-order chi connectivity index (χ0) is 12.8. The third kappa shape index (κ3) is 3.46. The summed E-state index contributed by atoms with van der Waals surface area (Å²) in [5.74, 6) is 1.52. The molecule has 2 rings (SSSR count). The van der Waals surface area contributed by atoms with Crippen LogP contribution in [0.2, 0.25) is 0 Å². The molecule has 1 aliphatic rings. The Morgan fingerprint density at radius 3 is 2.78 bits per heavy atom. The summed E-state index contributed by atoms with van der Waals surface area (Å²) >= 11 is 1.93. The van der Waals surface area contributed by atoms with E-state index >= 15 is 0 Å². The summed E-state index contributed by atoms with van der Waals surface area (Å²) in [6.45, 7) is 8.11. The highest BCUT2D eigenvalue weighted by Gasteiger charge is 2.24. The molecule has 0 saturated carbocycles. The quantitative estimate of drug-likeness (QED) is 0.653. The highest BCUT2D eigenvalue weighted by molar-refractivity contribution is 7.10.